The van der Waals surface area contributed by atoms with Crippen molar-refractivity contribution in [2.75, 3.05) is 13.1 Å². The number of halogens is 3. The number of thiophene rings is 1. The molecule has 0 aliphatic carbocycles. The maximum atomic E-state index is 13.4. The lowest BCUT2D eigenvalue weighted by Crippen LogP contribution is -2.48. The van der Waals surface area contributed by atoms with E-state index in [9.17, 15) is 27.6 Å². The molecule has 0 unspecified atom stereocenters. The molecular weight excluding hydrogens is 631 g/mol. The van der Waals surface area contributed by atoms with Crippen LogP contribution in [0, 0.1) is 11.3 Å². The van der Waals surface area contributed by atoms with E-state index in [4.69, 9.17) is 15.9 Å². The Kier molecular flexibility index (Phi) is 10.2. The van der Waals surface area contributed by atoms with Crippen LogP contribution in [0.15, 0.2) is 90.3 Å². The number of hydrogen-bond acceptors (Lipinski definition) is 6. The highest BCUT2D eigenvalue weighted by atomic mass is 32.1. The Morgan fingerprint density at radius 1 is 0.936 bits per heavy atom. The van der Waals surface area contributed by atoms with E-state index in [1.54, 1.807) is 47.8 Å². The quantitative estimate of drug-likeness (QED) is 0.127. The van der Waals surface area contributed by atoms with Crippen molar-refractivity contribution in [3.05, 3.63) is 117 Å². The van der Waals surface area contributed by atoms with Crippen molar-refractivity contribution in [2.24, 2.45) is 11.7 Å². The van der Waals surface area contributed by atoms with E-state index in [1.165, 1.54) is 28.4 Å². The van der Waals surface area contributed by atoms with Gasteiger partial charge in [0.2, 0.25) is 11.8 Å². The van der Waals surface area contributed by atoms with Gasteiger partial charge in [0, 0.05) is 27.9 Å². The van der Waals surface area contributed by atoms with Crippen LogP contribution < -0.4 is 21.1 Å². The number of amides is 3. The van der Waals surface area contributed by atoms with Gasteiger partial charge in [0.15, 0.2) is 0 Å². The van der Waals surface area contributed by atoms with Crippen molar-refractivity contribution in [3.63, 3.8) is 0 Å². The lowest BCUT2D eigenvalue weighted by atomic mass is 9.96. The molecule has 0 bridgehead atoms. The molecule has 0 radical (unpaired) electrons. The Labute approximate surface area is 273 Å². The summed E-state index contributed by atoms with van der Waals surface area (Å²) in [7, 11) is 0. The van der Waals surface area contributed by atoms with Crippen LogP contribution in [0.5, 0.6) is 11.5 Å². The molecule has 3 amide bonds. The van der Waals surface area contributed by atoms with Crippen molar-refractivity contribution in [1.29, 1.82) is 5.41 Å². The maximum Gasteiger partial charge on any atom is 0.416 e. The predicted molar refractivity (Wildman–Crippen MR) is 171 cm³/mol. The monoisotopic (exact) mass is 663 g/mol. The molecule has 5 rings (SSSR count). The number of rotatable bonds is 11. The first-order valence-corrected chi connectivity index (χ1v) is 15.6. The Morgan fingerprint density at radius 3 is 2.26 bits per heavy atom. The smallest absolute Gasteiger partial charge is 0.416 e. The van der Waals surface area contributed by atoms with Crippen LogP contribution in [0.25, 0.3) is 0 Å². The van der Waals surface area contributed by atoms with E-state index in [0.29, 0.717) is 41.0 Å². The van der Waals surface area contributed by atoms with Gasteiger partial charge in [-0.25, -0.2) is 0 Å². The molecule has 0 saturated carbocycles. The first kappa shape index (κ1) is 33.2. The fraction of sp³-hybridized carbons (Fsp3) is 0.235. The number of nitrogen functional groups attached to an aromatic ring is 1. The highest BCUT2D eigenvalue weighted by Gasteiger charge is 2.39. The van der Waals surface area contributed by atoms with Gasteiger partial charge in [-0.3, -0.25) is 19.8 Å². The number of nitrogens with zero attached hydrogens (tertiary/aromatic N) is 1. The van der Waals surface area contributed by atoms with Gasteiger partial charge in [0.1, 0.15) is 23.4 Å². The molecule has 47 heavy (non-hydrogen) atoms. The number of benzene rings is 3. The van der Waals surface area contributed by atoms with Crippen LogP contribution in [0.3, 0.4) is 0 Å². The third kappa shape index (κ3) is 8.76. The average molecular weight is 664 g/mol. The number of amidine groups is 1. The van der Waals surface area contributed by atoms with Crippen LogP contribution in [-0.2, 0) is 28.7 Å². The standard InChI is InChI=1S/C34H32F3N5O4S/c35-34(36,37)25-10-6-21(7-11-25)14-22-15-29(33(45)40-17-28-16-24(20-47-28)31(38)39)42(19-22)30(43)18-41-32(44)23-8-12-27(13-9-23)46-26-4-2-1-3-5-26/h1-13,16,20,22,29H,14-15,17-19H2,(H3,38,39)(H,40,45)(H,41,44)/t22-,29+/m1/s1. The summed E-state index contributed by atoms with van der Waals surface area (Å²) in [5, 5.41) is 14.7. The van der Waals surface area contributed by atoms with Crippen molar-refractivity contribution in [1.82, 2.24) is 15.5 Å². The van der Waals surface area contributed by atoms with Crippen molar-refractivity contribution < 1.29 is 32.3 Å². The number of alkyl halides is 3. The SMILES string of the molecule is N=C(N)c1csc(CNC(=O)[C@@H]2C[C@@H](Cc3ccc(C(F)(F)F)cc3)CN2C(=O)CNC(=O)c2ccc(Oc3ccccc3)cc2)c1. The molecule has 244 valence electrons. The fourth-order valence-corrected chi connectivity index (χ4v) is 6.15. The highest BCUT2D eigenvalue weighted by Crippen LogP contribution is 2.31. The molecule has 1 aromatic heterocycles. The first-order chi connectivity index (χ1) is 22.5. The third-order valence-electron chi connectivity index (χ3n) is 7.71. The maximum absolute atomic E-state index is 13.4. The molecule has 1 aliphatic heterocycles. The van der Waals surface area contributed by atoms with Gasteiger partial charge >= 0.3 is 6.18 Å². The first-order valence-electron chi connectivity index (χ1n) is 14.7. The van der Waals surface area contributed by atoms with E-state index >= 15 is 0 Å². The van der Waals surface area contributed by atoms with Crippen LogP contribution in [0.4, 0.5) is 13.2 Å². The number of likely N-dealkylation sites (tertiary alicyclic amines) is 1. The summed E-state index contributed by atoms with van der Waals surface area (Å²) < 4.78 is 44.9. The van der Waals surface area contributed by atoms with Crippen LogP contribution in [-0.4, -0.2) is 47.6 Å². The zero-order chi connectivity index (χ0) is 33.6. The van der Waals surface area contributed by atoms with E-state index in [1.807, 2.05) is 18.2 Å². The van der Waals surface area contributed by atoms with Gasteiger partial charge in [-0.2, -0.15) is 13.2 Å². The third-order valence-corrected chi connectivity index (χ3v) is 8.65. The molecule has 4 aromatic rings. The minimum Gasteiger partial charge on any atom is -0.457 e. The topological polar surface area (TPSA) is 138 Å². The summed E-state index contributed by atoms with van der Waals surface area (Å²) >= 11 is 1.33. The summed E-state index contributed by atoms with van der Waals surface area (Å²) in [5.74, 6) is -0.452. The number of nitrogens with two attached hydrogens (primary N) is 1. The fourth-order valence-electron chi connectivity index (χ4n) is 5.32. The summed E-state index contributed by atoms with van der Waals surface area (Å²) in [6.07, 6.45) is -3.80. The van der Waals surface area contributed by atoms with Crippen LogP contribution >= 0.6 is 11.3 Å². The number of carbonyl (C=O) groups excluding carboxylic acids is 3. The average Bonchev–Trinajstić information content (AvgIpc) is 3.71. The predicted octanol–water partition coefficient (Wildman–Crippen LogP) is 5.35. The Balaban J connectivity index is 1.22. The normalized spacial score (nSPS) is 16.0. The molecule has 3 aromatic carbocycles. The second-order valence-electron chi connectivity index (χ2n) is 11.1. The van der Waals surface area contributed by atoms with Gasteiger partial charge in [0.05, 0.1) is 18.7 Å². The molecule has 0 spiro atoms. The van der Waals surface area contributed by atoms with Crippen LogP contribution in [0.2, 0.25) is 0 Å². The van der Waals surface area contributed by atoms with Crippen molar-refractivity contribution in [2.45, 2.75) is 31.6 Å². The summed E-state index contributed by atoms with van der Waals surface area (Å²) in [5.41, 5.74) is 6.29. The molecular formula is C34H32F3N5O4S. The Bertz CT molecular complexity index is 1730. The molecule has 5 N–H and O–H groups in total. The molecule has 1 fully saturated rings. The number of hydrogen-bond donors (Lipinski definition) is 4. The molecule has 1 saturated heterocycles. The van der Waals surface area contributed by atoms with E-state index in [0.717, 1.165) is 17.0 Å². The van der Waals surface area contributed by atoms with Gasteiger partial charge < -0.3 is 26.0 Å². The second-order valence-corrected chi connectivity index (χ2v) is 12.1. The van der Waals surface area contributed by atoms with Crippen molar-refractivity contribution in [3.8, 4) is 11.5 Å². The largest absolute Gasteiger partial charge is 0.457 e. The van der Waals surface area contributed by atoms with E-state index in [-0.39, 0.29) is 31.4 Å². The highest BCUT2D eigenvalue weighted by molar-refractivity contribution is 7.10. The van der Waals surface area contributed by atoms with E-state index in [2.05, 4.69) is 10.6 Å². The lowest BCUT2D eigenvalue weighted by Gasteiger charge is -2.24. The Hall–Kier alpha value is -5.17. The molecule has 9 nitrogen and oxygen atoms in total. The second kappa shape index (κ2) is 14.5. The molecule has 13 heteroatoms. The number of nitrogens with one attached hydrogen (secondary N) is 3. The number of carbonyl (C=O) groups is 3. The zero-order valence-electron chi connectivity index (χ0n) is 25.1. The van der Waals surface area contributed by atoms with Crippen LogP contribution in [0.1, 0.15) is 38.3 Å². The summed E-state index contributed by atoms with van der Waals surface area (Å²) in [6, 6.07) is 21.3. The van der Waals surface area contributed by atoms with Gasteiger partial charge in [-0.05, 0) is 78.9 Å². The molecule has 2 atom stereocenters. The van der Waals surface area contributed by atoms with Gasteiger partial charge in [-0.15, -0.1) is 11.3 Å². The summed E-state index contributed by atoms with van der Waals surface area (Å²) in [6.45, 7) is -0.00278. The summed E-state index contributed by atoms with van der Waals surface area (Å²) in [4.78, 5) is 41.8. The minimum absolute atomic E-state index is 0.0870. The Morgan fingerprint density at radius 2 is 1.62 bits per heavy atom. The zero-order valence-corrected chi connectivity index (χ0v) is 25.9. The molecule has 1 aliphatic rings. The number of ether oxygens (including phenoxy) is 1. The van der Waals surface area contributed by atoms with Crippen molar-refractivity contribution >= 4 is 34.9 Å². The lowest BCUT2D eigenvalue weighted by molar-refractivity contribution is -0.137. The number of para-hydroxylation sites is 1. The van der Waals surface area contributed by atoms with E-state index < -0.39 is 35.5 Å². The minimum atomic E-state index is -4.45. The van der Waals surface area contributed by atoms with Gasteiger partial charge in [0.25, 0.3) is 5.91 Å². The van der Waals surface area contributed by atoms with Gasteiger partial charge in [-0.1, -0.05) is 30.3 Å². The molecule has 2 heterocycles.